The van der Waals surface area contributed by atoms with E-state index in [4.69, 9.17) is 0 Å². The van der Waals surface area contributed by atoms with Crippen molar-refractivity contribution in [3.63, 3.8) is 0 Å². The number of phenols is 1. The van der Waals surface area contributed by atoms with Gasteiger partial charge in [0.1, 0.15) is 5.82 Å². The monoisotopic (exact) mass is 295 g/mol. The summed E-state index contributed by atoms with van der Waals surface area (Å²) in [6.07, 6.45) is 0. The number of halogens is 2. The van der Waals surface area contributed by atoms with Gasteiger partial charge in [-0.05, 0) is 29.7 Å². The van der Waals surface area contributed by atoms with Gasteiger partial charge >= 0.3 is 0 Å². The van der Waals surface area contributed by atoms with Crippen LogP contribution in [0.5, 0.6) is 5.75 Å². The second-order valence-corrected chi connectivity index (χ2v) is 5.19. The lowest BCUT2D eigenvalue weighted by molar-refractivity contribution is 0.433. The van der Waals surface area contributed by atoms with Crippen LogP contribution in [0.1, 0.15) is 0 Å². The number of rotatable bonds is 1. The van der Waals surface area contributed by atoms with Crippen molar-refractivity contribution in [1.82, 2.24) is 4.98 Å². The Kier molecular flexibility index (Phi) is 2.66. The fourth-order valence-corrected chi connectivity index (χ4v) is 2.81. The molecule has 1 aromatic heterocycles. The highest BCUT2D eigenvalue weighted by Crippen LogP contribution is 2.34. The molecule has 108 valence electrons. The summed E-state index contributed by atoms with van der Waals surface area (Å²) in [6, 6.07) is 14.8. The molecule has 1 heterocycles. The third-order valence-corrected chi connectivity index (χ3v) is 3.86. The van der Waals surface area contributed by atoms with Gasteiger partial charge in [-0.25, -0.2) is 8.78 Å². The molecular formula is C18H11F2NO. The summed E-state index contributed by atoms with van der Waals surface area (Å²) in [7, 11) is 0. The van der Waals surface area contributed by atoms with E-state index in [1.807, 2.05) is 12.1 Å². The summed E-state index contributed by atoms with van der Waals surface area (Å²) >= 11 is 0. The van der Waals surface area contributed by atoms with Gasteiger partial charge in [0.05, 0.1) is 0 Å². The lowest BCUT2D eigenvalue weighted by Crippen LogP contribution is -1.84. The van der Waals surface area contributed by atoms with E-state index >= 15 is 0 Å². The predicted molar refractivity (Wildman–Crippen MR) is 82.8 cm³/mol. The normalized spacial score (nSPS) is 11.4. The maximum absolute atomic E-state index is 14.1. The average Bonchev–Trinajstić information content (AvgIpc) is 2.94. The fraction of sp³-hybridized carbons (Fsp3) is 0. The van der Waals surface area contributed by atoms with Crippen molar-refractivity contribution in [3.05, 3.63) is 66.2 Å². The number of phenolic OH excluding ortho intramolecular Hbond substituents is 1. The van der Waals surface area contributed by atoms with E-state index in [2.05, 4.69) is 4.98 Å². The molecule has 0 unspecified atom stereocenters. The Hall–Kier alpha value is -2.88. The molecule has 0 amide bonds. The molecule has 0 spiro atoms. The Labute approximate surface area is 124 Å². The molecule has 0 aliphatic rings. The molecule has 0 atom stereocenters. The molecule has 0 aliphatic carbocycles. The number of aromatic amines is 1. The molecule has 4 heteroatoms. The molecule has 0 fully saturated rings. The molecule has 0 radical (unpaired) electrons. The average molecular weight is 295 g/mol. The first-order chi connectivity index (χ1) is 10.6. The van der Waals surface area contributed by atoms with Crippen molar-refractivity contribution in [2.24, 2.45) is 0 Å². The van der Waals surface area contributed by atoms with Gasteiger partial charge in [0.15, 0.2) is 11.6 Å². The lowest BCUT2D eigenvalue weighted by atomic mass is 10.1. The molecular weight excluding hydrogens is 284 g/mol. The van der Waals surface area contributed by atoms with Crippen LogP contribution in [0.3, 0.4) is 0 Å². The van der Waals surface area contributed by atoms with Crippen LogP contribution in [0.2, 0.25) is 0 Å². The second-order valence-electron chi connectivity index (χ2n) is 5.19. The van der Waals surface area contributed by atoms with Gasteiger partial charge < -0.3 is 10.1 Å². The van der Waals surface area contributed by atoms with Gasteiger partial charge in [-0.15, -0.1) is 0 Å². The SMILES string of the molecule is Oc1cccc(-c2cc3c(cc(F)c4ccccc43)[nH]2)c1F. The molecule has 0 bridgehead atoms. The van der Waals surface area contributed by atoms with Crippen LogP contribution in [0, 0.1) is 11.6 Å². The van der Waals surface area contributed by atoms with Crippen LogP contribution in [0.4, 0.5) is 8.78 Å². The Balaban J connectivity index is 2.06. The van der Waals surface area contributed by atoms with E-state index in [1.165, 1.54) is 12.1 Å². The number of aromatic hydroxyl groups is 1. The van der Waals surface area contributed by atoms with Crippen molar-refractivity contribution in [1.29, 1.82) is 0 Å². The minimum atomic E-state index is -0.696. The zero-order valence-electron chi connectivity index (χ0n) is 11.4. The standard InChI is InChI=1S/C18H11F2NO/c19-14-9-16-13(10-4-1-2-5-11(10)14)8-15(21-16)12-6-3-7-17(22)18(12)20/h1-9,21-22H. The van der Waals surface area contributed by atoms with Gasteiger partial charge in [-0.2, -0.15) is 0 Å². The van der Waals surface area contributed by atoms with Gasteiger partial charge in [0, 0.05) is 27.5 Å². The number of H-pyrrole nitrogens is 1. The van der Waals surface area contributed by atoms with Gasteiger partial charge in [-0.3, -0.25) is 0 Å². The zero-order valence-corrected chi connectivity index (χ0v) is 11.4. The summed E-state index contributed by atoms with van der Waals surface area (Å²) in [5.74, 6) is -1.43. The third-order valence-electron chi connectivity index (χ3n) is 3.86. The maximum atomic E-state index is 14.1. The van der Waals surface area contributed by atoms with Crippen LogP contribution in [-0.4, -0.2) is 10.1 Å². The minimum absolute atomic E-state index is 0.251. The van der Waals surface area contributed by atoms with Crippen molar-refractivity contribution in [2.75, 3.05) is 0 Å². The van der Waals surface area contributed by atoms with Crippen LogP contribution in [0.15, 0.2) is 54.6 Å². The van der Waals surface area contributed by atoms with Crippen LogP contribution in [-0.2, 0) is 0 Å². The summed E-state index contributed by atoms with van der Waals surface area (Å²) in [5, 5.41) is 11.6. The highest BCUT2D eigenvalue weighted by atomic mass is 19.1. The second kappa shape index (κ2) is 4.56. The number of fused-ring (bicyclic) bond motifs is 3. The first kappa shape index (κ1) is 12.8. The predicted octanol–water partition coefficient (Wildman–Crippen LogP) is 4.97. The number of hydrogen-bond donors (Lipinski definition) is 2. The Morgan fingerprint density at radius 3 is 2.41 bits per heavy atom. The molecule has 4 aromatic rings. The summed E-state index contributed by atoms with van der Waals surface area (Å²) in [5.41, 5.74) is 1.34. The fourth-order valence-electron chi connectivity index (χ4n) is 2.81. The number of nitrogens with one attached hydrogen (secondary N) is 1. The molecule has 2 N–H and O–H groups in total. The molecule has 0 saturated heterocycles. The molecule has 4 rings (SSSR count). The first-order valence-corrected chi connectivity index (χ1v) is 6.83. The van der Waals surface area contributed by atoms with Crippen molar-refractivity contribution in [3.8, 4) is 17.0 Å². The van der Waals surface area contributed by atoms with E-state index in [-0.39, 0.29) is 11.4 Å². The van der Waals surface area contributed by atoms with E-state index in [0.717, 1.165) is 10.8 Å². The van der Waals surface area contributed by atoms with Crippen LogP contribution >= 0.6 is 0 Å². The van der Waals surface area contributed by atoms with Crippen molar-refractivity contribution < 1.29 is 13.9 Å². The van der Waals surface area contributed by atoms with Crippen LogP contribution < -0.4 is 0 Å². The molecule has 22 heavy (non-hydrogen) atoms. The van der Waals surface area contributed by atoms with Crippen molar-refractivity contribution in [2.45, 2.75) is 0 Å². The molecule has 3 aromatic carbocycles. The molecule has 0 saturated carbocycles. The lowest BCUT2D eigenvalue weighted by Gasteiger charge is -2.01. The zero-order chi connectivity index (χ0) is 15.3. The van der Waals surface area contributed by atoms with Gasteiger partial charge in [0.25, 0.3) is 0 Å². The highest BCUT2D eigenvalue weighted by molar-refractivity contribution is 6.08. The smallest absolute Gasteiger partial charge is 0.174 e. The summed E-state index contributed by atoms with van der Waals surface area (Å²) in [6.45, 7) is 0. The quantitative estimate of drug-likeness (QED) is 0.511. The first-order valence-electron chi connectivity index (χ1n) is 6.83. The number of benzene rings is 3. The highest BCUT2D eigenvalue weighted by Gasteiger charge is 2.14. The third kappa shape index (κ3) is 1.77. The van der Waals surface area contributed by atoms with E-state index in [1.54, 1.807) is 30.3 Å². The molecule has 2 nitrogen and oxygen atoms in total. The van der Waals surface area contributed by atoms with Gasteiger partial charge in [-0.1, -0.05) is 30.3 Å². The minimum Gasteiger partial charge on any atom is -0.505 e. The summed E-state index contributed by atoms with van der Waals surface area (Å²) in [4.78, 5) is 3.02. The number of aromatic nitrogens is 1. The topological polar surface area (TPSA) is 36.0 Å². The van der Waals surface area contributed by atoms with Crippen molar-refractivity contribution >= 4 is 21.7 Å². The Morgan fingerprint density at radius 1 is 0.818 bits per heavy atom. The Morgan fingerprint density at radius 2 is 1.59 bits per heavy atom. The van der Waals surface area contributed by atoms with Crippen LogP contribution in [0.25, 0.3) is 32.9 Å². The van der Waals surface area contributed by atoms with E-state index in [9.17, 15) is 13.9 Å². The maximum Gasteiger partial charge on any atom is 0.174 e. The van der Waals surface area contributed by atoms with E-state index < -0.39 is 11.6 Å². The molecule has 0 aliphatic heterocycles. The Bertz CT molecular complexity index is 1020. The summed E-state index contributed by atoms with van der Waals surface area (Å²) < 4.78 is 28.2. The number of hydrogen-bond acceptors (Lipinski definition) is 1. The largest absolute Gasteiger partial charge is 0.505 e. The van der Waals surface area contributed by atoms with E-state index in [0.29, 0.717) is 16.6 Å². The van der Waals surface area contributed by atoms with Gasteiger partial charge in [0.2, 0.25) is 0 Å².